The lowest BCUT2D eigenvalue weighted by Crippen LogP contribution is -2.45. The molecule has 0 spiro atoms. The number of hydrogen-bond acceptors (Lipinski definition) is 5. The molecule has 0 radical (unpaired) electrons. The highest BCUT2D eigenvalue weighted by atomic mass is 16.5. The first-order valence-corrected chi connectivity index (χ1v) is 6.66. The Bertz CT molecular complexity index is 456. The average molecular weight is 266 g/mol. The molecule has 19 heavy (non-hydrogen) atoms. The Labute approximate surface area is 113 Å². The fraction of sp³-hybridized carbons (Fsp3) is 0.643. The van der Waals surface area contributed by atoms with Crippen molar-refractivity contribution in [3.05, 3.63) is 23.2 Å². The first-order valence-electron chi connectivity index (χ1n) is 6.66. The second-order valence-electron chi connectivity index (χ2n) is 5.38. The van der Waals surface area contributed by atoms with E-state index in [4.69, 9.17) is 10.2 Å². The number of likely N-dealkylation sites (tertiary alicyclic amines) is 1. The number of carbonyl (C=O) groups is 1. The van der Waals surface area contributed by atoms with Crippen molar-refractivity contribution >= 4 is 5.97 Å². The van der Waals surface area contributed by atoms with Crippen LogP contribution in [0.15, 0.2) is 10.5 Å². The number of hydrogen-bond donors (Lipinski definition) is 1. The second kappa shape index (κ2) is 5.75. The minimum atomic E-state index is -0.419. The van der Waals surface area contributed by atoms with E-state index in [2.05, 4.69) is 16.6 Å². The molecule has 5 nitrogen and oxygen atoms in total. The summed E-state index contributed by atoms with van der Waals surface area (Å²) in [6.45, 7) is 6.68. The predicted octanol–water partition coefficient (Wildman–Crippen LogP) is 1.54. The van der Waals surface area contributed by atoms with Gasteiger partial charge < -0.3 is 14.9 Å². The molecule has 0 amide bonds. The van der Waals surface area contributed by atoms with Gasteiger partial charge in [-0.25, -0.2) is 4.79 Å². The highest BCUT2D eigenvalue weighted by Gasteiger charge is 2.24. The van der Waals surface area contributed by atoms with E-state index in [1.807, 2.05) is 13.0 Å². The van der Waals surface area contributed by atoms with Gasteiger partial charge in [0.2, 0.25) is 5.76 Å². The van der Waals surface area contributed by atoms with E-state index in [0.29, 0.717) is 17.7 Å². The molecule has 1 aliphatic rings. The van der Waals surface area contributed by atoms with Crippen molar-refractivity contribution in [1.29, 1.82) is 0 Å². The number of piperidine rings is 1. The summed E-state index contributed by atoms with van der Waals surface area (Å²) in [4.78, 5) is 13.8. The van der Waals surface area contributed by atoms with Gasteiger partial charge in [-0.3, -0.25) is 4.90 Å². The summed E-state index contributed by atoms with van der Waals surface area (Å²) in [6, 6.07) is 2.20. The lowest BCUT2D eigenvalue weighted by atomic mass is 9.95. The third kappa shape index (κ3) is 3.16. The van der Waals surface area contributed by atoms with Crippen LogP contribution in [0, 0.1) is 12.8 Å². The van der Waals surface area contributed by atoms with Gasteiger partial charge in [-0.15, -0.1) is 0 Å². The fourth-order valence-electron chi connectivity index (χ4n) is 2.54. The van der Waals surface area contributed by atoms with E-state index < -0.39 is 5.97 Å². The molecule has 106 valence electrons. The van der Waals surface area contributed by atoms with Crippen LogP contribution in [0.5, 0.6) is 0 Å². The molecular weight excluding hydrogens is 244 g/mol. The van der Waals surface area contributed by atoms with Crippen LogP contribution >= 0.6 is 0 Å². The first-order chi connectivity index (χ1) is 9.01. The Balaban J connectivity index is 2.02. The predicted molar refractivity (Wildman–Crippen MR) is 71.8 cm³/mol. The molecule has 2 rings (SSSR count). The van der Waals surface area contributed by atoms with Gasteiger partial charge in [0.15, 0.2) is 0 Å². The van der Waals surface area contributed by atoms with Crippen LogP contribution in [0.3, 0.4) is 0 Å². The van der Waals surface area contributed by atoms with Crippen LogP contribution in [0.1, 0.15) is 35.2 Å². The van der Waals surface area contributed by atoms with E-state index in [-0.39, 0.29) is 0 Å². The molecule has 1 fully saturated rings. The third-order valence-electron chi connectivity index (χ3n) is 3.77. The van der Waals surface area contributed by atoms with Crippen LogP contribution in [0.25, 0.3) is 0 Å². The van der Waals surface area contributed by atoms with Crippen molar-refractivity contribution in [1.82, 2.24) is 4.90 Å². The summed E-state index contributed by atoms with van der Waals surface area (Å²) in [5, 5.41) is 0. The molecule has 0 aromatic carbocycles. The van der Waals surface area contributed by atoms with E-state index in [9.17, 15) is 4.79 Å². The van der Waals surface area contributed by atoms with Crippen molar-refractivity contribution in [2.75, 3.05) is 20.2 Å². The number of aryl methyl sites for hydroxylation is 1. The van der Waals surface area contributed by atoms with Crippen molar-refractivity contribution < 1.29 is 13.9 Å². The fourth-order valence-corrected chi connectivity index (χ4v) is 2.54. The molecule has 2 atom stereocenters. The number of rotatable bonds is 3. The van der Waals surface area contributed by atoms with E-state index >= 15 is 0 Å². The average Bonchev–Trinajstić information content (AvgIpc) is 2.74. The quantitative estimate of drug-likeness (QED) is 0.841. The molecule has 1 aromatic heterocycles. The largest absolute Gasteiger partial charge is 0.463 e. The zero-order valence-corrected chi connectivity index (χ0v) is 11.8. The Morgan fingerprint density at radius 2 is 2.37 bits per heavy atom. The molecular formula is C14H22N2O3. The number of furan rings is 1. The monoisotopic (exact) mass is 266 g/mol. The van der Waals surface area contributed by atoms with E-state index in [1.54, 1.807) is 0 Å². The zero-order valence-electron chi connectivity index (χ0n) is 11.8. The molecule has 0 aliphatic carbocycles. The smallest absolute Gasteiger partial charge is 0.374 e. The Morgan fingerprint density at radius 1 is 1.63 bits per heavy atom. The standard InChI is InChI=1S/C14H22N2O3/c1-9-6-11(19-13(9)14(17)18-3)8-16-5-4-12(15)10(2)7-16/h6,10,12H,4-5,7-8,15H2,1-3H3. The van der Waals surface area contributed by atoms with Gasteiger partial charge in [0.1, 0.15) is 5.76 Å². The van der Waals surface area contributed by atoms with Gasteiger partial charge in [-0.1, -0.05) is 6.92 Å². The zero-order chi connectivity index (χ0) is 14.0. The number of methoxy groups -OCH3 is 1. The number of nitrogens with zero attached hydrogens (tertiary/aromatic N) is 1. The third-order valence-corrected chi connectivity index (χ3v) is 3.77. The molecule has 5 heteroatoms. The maximum Gasteiger partial charge on any atom is 0.374 e. The lowest BCUT2D eigenvalue weighted by molar-refractivity contribution is 0.0558. The van der Waals surface area contributed by atoms with Gasteiger partial charge in [0.05, 0.1) is 13.7 Å². The van der Waals surface area contributed by atoms with Gasteiger partial charge in [-0.2, -0.15) is 0 Å². The topological polar surface area (TPSA) is 68.7 Å². The molecule has 2 unspecified atom stereocenters. The van der Waals surface area contributed by atoms with Crippen LogP contribution in [0.4, 0.5) is 0 Å². The minimum Gasteiger partial charge on any atom is -0.463 e. The second-order valence-corrected chi connectivity index (χ2v) is 5.38. The van der Waals surface area contributed by atoms with E-state index in [0.717, 1.165) is 37.4 Å². The van der Waals surface area contributed by atoms with Crippen LogP contribution in [0.2, 0.25) is 0 Å². The number of ether oxygens (including phenoxy) is 1. The highest BCUT2D eigenvalue weighted by molar-refractivity contribution is 5.87. The lowest BCUT2D eigenvalue weighted by Gasteiger charge is -2.34. The van der Waals surface area contributed by atoms with E-state index in [1.165, 1.54) is 7.11 Å². The van der Waals surface area contributed by atoms with Crippen molar-refractivity contribution in [2.24, 2.45) is 11.7 Å². The molecule has 1 aromatic rings. The van der Waals surface area contributed by atoms with Gasteiger partial charge in [0.25, 0.3) is 0 Å². The summed E-state index contributed by atoms with van der Waals surface area (Å²) < 4.78 is 10.3. The van der Waals surface area contributed by atoms with Gasteiger partial charge in [0, 0.05) is 24.7 Å². The maximum atomic E-state index is 11.5. The number of nitrogens with two attached hydrogens (primary N) is 1. The molecule has 2 heterocycles. The SMILES string of the molecule is COC(=O)c1oc(CN2CCC(N)C(C)C2)cc1C. The maximum absolute atomic E-state index is 11.5. The van der Waals surface area contributed by atoms with Crippen LogP contribution in [-0.4, -0.2) is 37.1 Å². The Hall–Kier alpha value is -1.33. The van der Waals surface area contributed by atoms with Gasteiger partial charge in [-0.05, 0) is 25.3 Å². The molecule has 1 aliphatic heterocycles. The van der Waals surface area contributed by atoms with Crippen molar-refractivity contribution in [3.8, 4) is 0 Å². The highest BCUT2D eigenvalue weighted by Crippen LogP contribution is 2.21. The Kier molecular flexibility index (Phi) is 4.27. The first kappa shape index (κ1) is 14.1. The minimum absolute atomic E-state index is 0.292. The summed E-state index contributed by atoms with van der Waals surface area (Å²) in [7, 11) is 1.36. The molecule has 0 bridgehead atoms. The van der Waals surface area contributed by atoms with Crippen molar-refractivity contribution in [2.45, 2.75) is 32.9 Å². The summed E-state index contributed by atoms with van der Waals surface area (Å²) in [5.41, 5.74) is 6.83. The van der Waals surface area contributed by atoms with Crippen molar-refractivity contribution in [3.63, 3.8) is 0 Å². The van der Waals surface area contributed by atoms with Crippen LogP contribution < -0.4 is 5.73 Å². The normalized spacial score (nSPS) is 24.4. The summed E-state index contributed by atoms with van der Waals surface area (Å²) in [5.74, 6) is 1.18. The number of carbonyl (C=O) groups excluding carboxylic acids is 1. The summed E-state index contributed by atoms with van der Waals surface area (Å²) >= 11 is 0. The molecule has 0 saturated carbocycles. The van der Waals surface area contributed by atoms with Crippen LogP contribution in [-0.2, 0) is 11.3 Å². The van der Waals surface area contributed by atoms with Gasteiger partial charge >= 0.3 is 5.97 Å². The molecule has 2 N–H and O–H groups in total. The molecule has 1 saturated heterocycles. The Morgan fingerprint density at radius 3 is 3.00 bits per heavy atom. The number of esters is 1. The summed E-state index contributed by atoms with van der Waals surface area (Å²) in [6.07, 6.45) is 1.00.